The van der Waals surface area contributed by atoms with Crippen LogP contribution in [0, 0.1) is 0 Å². The minimum atomic E-state index is -5.12. The Morgan fingerprint density at radius 3 is 2.11 bits per heavy atom. The van der Waals surface area contributed by atoms with Crippen LogP contribution < -0.4 is 5.32 Å². The van der Waals surface area contributed by atoms with Crippen molar-refractivity contribution in [3.8, 4) is 0 Å². The number of carbonyl (C=O) groups is 1. The molecule has 2 aromatic carbocycles. The highest BCUT2D eigenvalue weighted by atomic mass is 35.5. The van der Waals surface area contributed by atoms with E-state index in [9.17, 15) is 35.5 Å². The molecule has 4 nitrogen and oxygen atoms in total. The molecule has 0 saturated carbocycles. The van der Waals surface area contributed by atoms with E-state index in [2.05, 4.69) is 15.3 Å². The highest BCUT2D eigenvalue weighted by Crippen LogP contribution is 2.42. The minimum absolute atomic E-state index is 0.0180. The Balaban J connectivity index is 1.99. The molecule has 0 aliphatic heterocycles. The molecule has 0 aliphatic carbocycles. The van der Waals surface area contributed by atoms with Crippen LogP contribution in [0.5, 0.6) is 0 Å². The van der Waals surface area contributed by atoms with E-state index in [1.165, 1.54) is 18.5 Å². The Morgan fingerprint density at radius 1 is 0.973 bits per heavy atom. The number of benzene rings is 2. The van der Waals surface area contributed by atoms with Gasteiger partial charge < -0.3 is 5.32 Å². The van der Waals surface area contributed by atoms with Gasteiger partial charge in [-0.1, -0.05) is 46.9 Å². The largest absolute Gasteiger partial charge is 0.417 e. The molecule has 1 heterocycles. The van der Waals surface area contributed by atoms with Gasteiger partial charge in [-0.2, -0.15) is 26.3 Å². The second-order valence-corrected chi connectivity index (χ2v) is 8.63. The molecule has 0 radical (unpaired) electrons. The maximum Gasteiger partial charge on any atom is 0.417 e. The summed E-state index contributed by atoms with van der Waals surface area (Å²) in [7, 11) is 0. The van der Waals surface area contributed by atoms with Crippen molar-refractivity contribution in [2.45, 2.75) is 18.3 Å². The first-order valence-corrected chi connectivity index (χ1v) is 11.2. The third kappa shape index (κ3) is 7.12. The number of carbonyl (C=O) groups excluding carboxylic acids is 1. The summed E-state index contributed by atoms with van der Waals surface area (Å²) in [5, 5.41) is 1.57. The van der Waals surface area contributed by atoms with Crippen molar-refractivity contribution in [3.63, 3.8) is 0 Å². The zero-order valence-electron chi connectivity index (χ0n) is 18.1. The number of nitrogens with one attached hydrogen (secondary N) is 1. The Morgan fingerprint density at radius 2 is 1.57 bits per heavy atom. The fourth-order valence-corrected chi connectivity index (χ4v) is 3.81. The first-order chi connectivity index (χ1) is 17.2. The lowest BCUT2D eigenvalue weighted by molar-refractivity contribution is -0.140. The molecule has 14 heteroatoms. The van der Waals surface area contributed by atoms with Gasteiger partial charge in [0.15, 0.2) is 5.78 Å². The molecule has 37 heavy (non-hydrogen) atoms. The minimum Gasteiger partial charge on any atom is -0.347 e. The zero-order chi connectivity index (χ0) is 27.5. The third-order valence-corrected chi connectivity index (χ3v) is 6.10. The summed E-state index contributed by atoms with van der Waals surface area (Å²) < 4.78 is 97.2. The van der Waals surface area contributed by atoms with Crippen LogP contribution in [0.3, 0.4) is 0 Å². The van der Waals surface area contributed by atoms with Crippen molar-refractivity contribution in [2.75, 3.05) is 11.9 Å². The van der Waals surface area contributed by atoms with E-state index in [-0.39, 0.29) is 33.2 Å². The summed E-state index contributed by atoms with van der Waals surface area (Å²) in [5.41, 5.74) is -3.77. The standard InChI is InChI=1S/C23H13Cl3F7N3O/c24-16-7-12(8-17(25)20(16)26)14(22(28,29)30)9-18(27)11-2-3-13(15(6-11)23(31,32)33)19(37)10-36-21-34-4-1-5-35-21/h1-9,14H,10H2,(H,34,35,36)/b18-9-. The Hall–Kier alpha value is -2.89. The average molecular weight is 587 g/mol. The number of hydrogen-bond acceptors (Lipinski definition) is 4. The molecule has 196 valence electrons. The molecular weight excluding hydrogens is 574 g/mol. The molecule has 0 amide bonds. The molecule has 0 fully saturated rings. The smallest absolute Gasteiger partial charge is 0.347 e. The topological polar surface area (TPSA) is 54.9 Å². The highest BCUT2D eigenvalue weighted by Gasteiger charge is 2.41. The molecule has 0 spiro atoms. The van der Waals surface area contributed by atoms with Gasteiger partial charge >= 0.3 is 12.4 Å². The van der Waals surface area contributed by atoms with Crippen LogP contribution in [0.15, 0.2) is 54.9 Å². The van der Waals surface area contributed by atoms with Gasteiger partial charge in [-0.25, -0.2) is 14.4 Å². The second-order valence-electron chi connectivity index (χ2n) is 7.44. The molecule has 3 aromatic rings. The lowest BCUT2D eigenvalue weighted by Gasteiger charge is -2.19. The van der Waals surface area contributed by atoms with E-state index in [1.807, 2.05) is 0 Å². The number of rotatable bonds is 7. The molecule has 1 atom stereocenters. The number of aromatic nitrogens is 2. The predicted molar refractivity (Wildman–Crippen MR) is 126 cm³/mol. The van der Waals surface area contributed by atoms with E-state index < -0.39 is 58.7 Å². The number of Topliss-reactive ketones (excluding diaryl/α,β-unsaturated/α-hetero) is 1. The van der Waals surface area contributed by atoms with Crippen molar-refractivity contribution in [3.05, 3.63) is 92.2 Å². The van der Waals surface area contributed by atoms with Crippen molar-refractivity contribution >= 4 is 52.4 Å². The second kappa shape index (κ2) is 11.2. The van der Waals surface area contributed by atoms with Crippen LogP contribution in [-0.2, 0) is 6.18 Å². The van der Waals surface area contributed by atoms with Crippen LogP contribution in [0.25, 0.3) is 5.83 Å². The van der Waals surface area contributed by atoms with Crippen molar-refractivity contribution in [2.24, 2.45) is 0 Å². The van der Waals surface area contributed by atoms with Crippen molar-refractivity contribution in [1.29, 1.82) is 0 Å². The van der Waals surface area contributed by atoms with Crippen LogP contribution >= 0.6 is 34.8 Å². The Bertz CT molecular complexity index is 1310. The lowest BCUT2D eigenvalue weighted by atomic mass is 9.95. The summed E-state index contributed by atoms with van der Waals surface area (Å²) in [5.74, 6) is -5.29. The summed E-state index contributed by atoms with van der Waals surface area (Å²) in [6.45, 7) is -0.626. The molecule has 1 N–H and O–H groups in total. The van der Waals surface area contributed by atoms with Crippen molar-refractivity contribution in [1.82, 2.24) is 9.97 Å². The third-order valence-electron chi connectivity index (χ3n) is 4.90. The van der Waals surface area contributed by atoms with Crippen LogP contribution in [-0.4, -0.2) is 28.5 Å². The number of allylic oxidation sites excluding steroid dienone is 1. The number of ketones is 1. The van der Waals surface area contributed by atoms with E-state index in [1.54, 1.807) is 0 Å². The van der Waals surface area contributed by atoms with Gasteiger partial charge in [0.25, 0.3) is 0 Å². The molecule has 1 aromatic heterocycles. The van der Waals surface area contributed by atoms with Gasteiger partial charge in [0, 0.05) is 23.5 Å². The maximum absolute atomic E-state index is 14.9. The van der Waals surface area contributed by atoms with Crippen molar-refractivity contribution < 1.29 is 35.5 Å². The van der Waals surface area contributed by atoms with Gasteiger partial charge in [-0.15, -0.1) is 0 Å². The Labute approximate surface area is 220 Å². The highest BCUT2D eigenvalue weighted by molar-refractivity contribution is 6.48. The van der Waals surface area contributed by atoms with Crippen LogP contribution in [0.4, 0.5) is 36.7 Å². The lowest BCUT2D eigenvalue weighted by Crippen LogP contribution is -2.20. The summed E-state index contributed by atoms with van der Waals surface area (Å²) in [4.78, 5) is 20.0. The molecule has 1 unspecified atom stereocenters. The average Bonchev–Trinajstić information content (AvgIpc) is 2.83. The number of hydrogen-bond donors (Lipinski definition) is 1. The molecule has 0 bridgehead atoms. The first kappa shape index (κ1) is 28.7. The number of alkyl halides is 6. The molecule has 0 saturated heterocycles. The van der Waals surface area contributed by atoms with Crippen LogP contribution in [0.1, 0.15) is 33.0 Å². The quantitative estimate of drug-likeness (QED) is 0.172. The fraction of sp³-hybridized carbons (Fsp3) is 0.174. The fourth-order valence-electron chi connectivity index (χ4n) is 3.19. The normalized spacial score (nSPS) is 13.4. The number of halogens is 10. The monoisotopic (exact) mass is 585 g/mol. The van der Waals surface area contributed by atoms with E-state index in [0.717, 1.165) is 18.2 Å². The van der Waals surface area contributed by atoms with Gasteiger partial charge in [0.2, 0.25) is 5.95 Å². The van der Waals surface area contributed by atoms with Gasteiger partial charge in [-0.05, 0) is 35.9 Å². The molecule has 3 rings (SSSR count). The SMILES string of the molecule is O=C(CNc1ncccn1)c1ccc(/C(F)=C/C(c2cc(Cl)c(Cl)c(Cl)c2)C(F)(F)F)cc1C(F)(F)F. The summed E-state index contributed by atoms with van der Waals surface area (Å²) >= 11 is 17.3. The summed E-state index contributed by atoms with van der Waals surface area (Å²) in [6.07, 6.45) is -7.42. The number of nitrogens with zero attached hydrogens (tertiary/aromatic N) is 2. The first-order valence-electron chi connectivity index (χ1n) is 10.0. The maximum atomic E-state index is 14.9. The van der Waals surface area contributed by atoms with Crippen LogP contribution in [0.2, 0.25) is 15.1 Å². The summed E-state index contributed by atoms with van der Waals surface area (Å²) in [6, 6.07) is 4.83. The number of anilines is 1. The Kier molecular flexibility index (Phi) is 8.71. The van der Waals surface area contributed by atoms with Gasteiger partial charge in [-0.3, -0.25) is 4.79 Å². The molecule has 0 aliphatic rings. The van der Waals surface area contributed by atoms with Gasteiger partial charge in [0.1, 0.15) is 11.7 Å². The predicted octanol–water partition coefficient (Wildman–Crippen LogP) is 8.41. The van der Waals surface area contributed by atoms with Gasteiger partial charge in [0.05, 0.1) is 27.2 Å². The van der Waals surface area contributed by atoms with E-state index in [0.29, 0.717) is 6.07 Å². The van der Waals surface area contributed by atoms with E-state index in [4.69, 9.17) is 34.8 Å². The van der Waals surface area contributed by atoms with E-state index >= 15 is 0 Å². The zero-order valence-corrected chi connectivity index (χ0v) is 20.3. The molecular formula is C23H13Cl3F7N3O.